The highest BCUT2D eigenvalue weighted by Gasteiger charge is 2.31. The van der Waals surface area contributed by atoms with Gasteiger partial charge < -0.3 is 4.42 Å². The maximum atomic E-state index is 6.75. The fourth-order valence-corrected chi connectivity index (χ4v) is 5.43. The summed E-state index contributed by atoms with van der Waals surface area (Å²) in [6.07, 6.45) is 7.65. The zero-order chi connectivity index (χ0) is 21.7. The van der Waals surface area contributed by atoms with Crippen molar-refractivity contribution >= 4 is 48.4 Å². The number of para-hydroxylation sites is 1. The molecule has 2 heterocycles. The van der Waals surface area contributed by atoms with E-state index >= 15 is 0 Å². The largest absolute Gasteiger partial charge is 0.455 e. The third-order valence-corrected chi connectivity index (χ3v) is 7.19. The Balaban J connectivity index is 1.58. The Morgan fingerprint density at radius 2 is 1.59 bits per heavy atom. The van der Waals surface area contributed by atoms with Crippen molar-refractivity contribution in [3.05, 3.63) is 78.5 Å². The van der Waals surface area contributed by atoms with Crippen LogP contribution in [0, 0.1) is 5.92 Å². The number of rotatable bonds is 3. The molecule has 32 heavy (non-hydrogen) atoms. The molecule has 0 spiro atoms. The summed E-state index contributed by atoms with van der Waals surface area (Å²) in [6, 6.07) is 22.8. The molecule has 0 amide bonds. The van der Waals surface area contributed by atoms with Crippen LogP contribution in [0.3, 0.4) is 0 Å². The monoisotopic (exact) mass is 411 g/mol. The number of hydrogen-bond acceptors (Lipinski definition) is 2. The van der Waals surface area contributed by atoms with Crippen molar-refractivity contribution in [1.29, 1.82) is 0 Å². The van der Waals surface area contributed by atoms with Gasteiger partial charge in [0.1, 0.15) is 11.2 Å². The van der Waals surface area contributed by atoms with Gasteiger partial charge in [-0.1, -0.05) is 85.3 Å². The van der Waals surface area contributed by atoms with E-state index in [0.29, 0.717) is 0 Å². The number of benzene rings is 3. The molecule has 3 aromatic carbocycles. The lowest BCUT2D eigenvalue weighted by atomic mass is 9.43. The minimum absolute atomic E-state index is 0.286. The topological polar surface area (TPSA) is 26.0 Å². The lowest BCUT2D eigenvalue weighted by molar-refractivity contribution is 0.327. The number of fused-ring (bicyclic) bond motifs is 5. The van der Waals surface area contributed by atoms with Crippen molar-refractivity contribution in [1.82, 2.24) is 4.98 Å². The SMILES string of the molecule is [B]C([B])(c1ccnc(-c2cc3ccccc3c3c2oc2ccccc23)c1)C1CCCCC1. The van der Waals surface area contributed by atoms with E-state index in [1.807, 2.05) is 24.4 Å². The van der Waals surface area contributed by atoms with Gasteiger partial charge in [0.05, 0.1) is 21.4 Å². The molecule has 0 N–H and O–H groups in total. The van der Waals surface area contributed by atoms with Crippen LogP contribution in [0.1, 0.15) is 37.7 Å². The molecule has 2 aromatic heterocycles. The number of hydrogen-bond donors (Lipinski definition) is 0. The van der Waals surface area contributed by atoms with Crippen LogP contribution in [0.2, 0.25) is 0 Å². The van der Waals surface area contributed by atoms with Gasteiger partial charge in [0.25, 0.3) is 0 Å². The summed E-state index contributed by atoms with van der Waals surface area (Å²) in [7, 11) is 13.5. The van der Waals surface area contributed by atoms with E-state index in [-0.39, 0.29) is 5.92 Å². The van der Waals surface area contributed by atoms with E-state index in [4.69, 9.17) is 25.1 Å². The molecule has 1 fully saturated rings. The predicted molar refractivity (Wildman–Crippen MR) is 134 cm³/mol. The Bertz CT molecular complexity index is 1450. The van der Waals surface area contributed by atoms with Gasteiger partial charge in [-0.15, -0.1) is 0 Å². The van der Waals surface area contributed by atoms with Gasteiger partial charge in [-0.25, -0.2) is 0 Å². The van der Waals surface area contributed by atoms with E-state index in [9.17, 15) is 0 Å². The van der Waals surface area contributed by atoms with Crippen LogP contribution in [0.15, 0.2) is 77.3 Å². The quantitative estimate of drug-likeness (QED) is 0.303. The fourth-order valence-electron chi connectivity index (χ4n) is 5.43. The molecule has 0 bridgehead atoms. The van der Waals surface area contributed by atoms with Crippen LogP contribution in [0.5, 0.6) is 0 Å². The summed E-state index contributed by atoms with van der Waals surface area (Å²) < 4.78 is 6.39. The first-order valence-corrected chi connectivity index (χ1v) is 11.5. The Labute approximate surface area is 190 Å². The van der Waals surface area contributed by atoms with Crippen LogP contribution in [0.25, 0.3) is 44.0 Å². The molecule has 6 rings (SSSR count). The van der Waals surface area contributed by atoms with Gasteiger partial charge in [0.2, 0.25) is 0 Å². The summed E-state index contributed by atoms with van der Waals surface area (Å²) in [4.78, 5) is 4.72. The minimum Gasteiger partial charge on any atom is -0.455 e. The van der Waals surface area contributed by atoms with Crippen molar-refractivity contribution in [3.63, 3.8) is 0 Å². The van der Waals surface area contributed by atoms with Crippen LogP contribution in [0.4, 0.5) is 0 Å². The standard InChI is InChI=1S/C28H23B2NO/c29-28(30,19-9-2-1-3-10-19)20-14-15-31-24(17-20)23-16-18-8-4-5-11-21(18)26-22-12-6-7-13-25(22)32-27(23)26/h4-8,11-17,19H,1-3,9-10H2. The molecule has 4 heteroatoms. The molecular formula is C28H23B2NO. The summed E-state index contributed by atoms with van der Waals surface area (Å²) in [5, 5.41) is 3.72. The molecule has 0 saturated heterocycles. The van der Waals surface area contributed by atoms with E-state index in [1.165, 1.54) is 24.6 Å². The lowest BCUT2D eigenvalue weighted by Gasteiger charge is -2.38. The molecular weight excluding hydrogens is 388 g/mol. The van der Waals surface area contributed by atoms with Crippen LogP contribution in [-0.2, 0) is 5.21 Å². The number of pyridine rings is 1. The first-order chi connectivity index (χ1) is 15.6. The number of aromatic nitrogens is 1. The summed E-state index contributed by atoms with van der Waals surface area (Å²) in [5.41, 5.74) is 4.48. The maximum Gasteiger partial charge on any atom is 0.145 e. The number of furan rings is 1. The highest BCUT2D eigenvalue weighted by molar-refractivity contribution is 6.40. The molecule has 4 radical (unpaired) electrons. The van der Waals surface area contributed by atoms with Gasteiger partial charge in [-0.2, -0.15) is 0 Å². The predicted octanol–water partition coefficient (Wildman–Crippen LogP) is 6.87. The molecule has 5 aromatic rings. The Kier molecular flexibility index (Phi) is 4.64. The van der Waals surface area contributed by atoms with E-state index in [1.54, 1.807) is 0 Å². The molecule has 0 unspecified atom stereocenters. The van der Waals surface area contributed by atoms with Crippen LogP contribution in [-0.4, -0.2) is 20.7 Å². The van der Waals surface area contributed by atoms with E-state index in [2.05, 4.69) is 48.5 Å². The highest BCUT2D eigenvalue weighted by Crippen LogP contribution is 2.42. The molecule has 152 valence electrons. The molecule has 1 aliphatic carbocycles. The molecule has 2 nitrogen and oxygen atoms in total. The lowest BCUT2D eigenvalue weighted by Crippen LogP contribution is -2.37. The summed E-state index contributed by atoms with van der Waals surface area (Å²) in [6.45, 7) is 0. The third kappa shape index (κ3) is 3.08. The van der Waals surface area contributed by atoms with E-state index < -0.39 is 5.21 Å². The van der Waals surface area contributed by atoms with Crippen LogP contribution < -0.4 is 0 Å². The van der Waals surface area contributed by atoms with Gasteiger partial charge in [0, 0.05) is 22.5 Å². The first kappa shape index (κ1) is 19.7. The second-order valence-corrected chi connectivity index (χ2v) is 9.15. The zero-order valence-electron chi connectivity index (χ0n) is 18.1. The summed E-state index contributed by atoms with van der Waals surface area (Å²) >= 11 is 0. The number of nitrogens with zero attached hydrogens (tertiary/aromatic N) is 1. The van der Waals surface area contributed by atoms with Crippen molar-refractivity contribution in [2.75, 3.05) is 0 Å². The second kappa shape index (κ2) is 7.55. The average molecular weight is 411 g/mol. The van der Waals surface area contributed by atoms with Gasteiger partial charge >= 0.3 is 0 Å². The zero-order valence-corrected chi connectivity index (χ0v) is 18.1. The van der Waals surface area contributed by atoms with Crippen molar-refractivity contribution in [2.24, 2.45) is 5.92 Å². The Hall–Kier alpha value is -3.00. The average Bonchev–Trinajstić information content (AvgIpc) is 3.24. The van der Waals surface area contributed by atoms with Crippen LogP contribution >= 0.6 is 0 Å². The van der Waals surface area contributed by atoms with Crippen molar-refractivity contribution in [2.45, 2.75) is 37.3 Å². The summed E-state index contributed by atoms with van der Waals surface area (Å²) in [5.74, 6) is 0.286. The second-order valence-electron chi connectivity index (χ2n) is 9.15. The van der Waals surface area contributed by atoms with E-state index in [0.717, 1.165) is 57.0 Å². The fraction of sp³-hybridized carbons (Fsp3) is 0.250. The molecule has 0 atom stereocenters. The van der Waals surface area contributed by atoms with Crippen molar-refractivity contribution in [3.8, 4) is 11.3 Å². The van der Waals surface area contributed by atoms with Gasteiger partial charge in [-0.3, -0.25) is 4.98 Å². The Morgan fingerprint density at radius 1 is 0.844 bits per heavy atom. The smallest absolute Gasteiger partial charge is 0.145 e. The molecule has 0 aliphatic heterocycles. The van der Waals surface area contributed by atoms with Gasteiger partial charge in [-0.05, 0) is 41.0 Å². The normalized spacial score (nSPS) is 15.6. The highest BCUT2D eigenvalue weighted by atomic mass is 16.3. The maximum absolute atomic E-state index is 6.75. The van der Waals surface area contributed by atoms with Crippen molar-refractivity contribution < 1.29 is 4.42 Å². The third-order valence-electron chi connectivity index (χ3n) is 7.19. The Morgan fingerprint density at radius 3 is 2.44 bits per heavy atom. The molecule has 1 aliphatic rings. The molecule has 1 saturated carbocycles. The first-order valence-electron chi connectivity index (χ1n) is 11.5. The minimum atomic E-state index is -0.859. The van der Waals surface area contributed by atoms with Gasteiger partial charge in [0.15, 0.2) is 0 Å².